The maximum atomic E-state index is 10.6. The standard InChI is InChI=1S/C12H16ClN3O2.ClH/c1-9-7-14-4-5-15(9)8-10-2-3-11(16(17)18)6-12(10)13;/h2-3,6,9,14H,4-5,7-8H2,1H3;1H/t9-;/m0./s1. The Kier molecular flexibility index (Phi) is 6.00. The summed E-state index contributed by atoms with van der Waals surface area (Å²) in [6.07, 6.45) is 0. The summed E-state index contributed by atoms with van der Waals surface area (Å²) < 4.78 is 0. The van der Waals surface area contributed by atoms with Crippen LogP contribution < -0.4 is 5.32 Å². The zero-order valence-electron chi connectivity index (χ0n) is 10.6. The molecule has 0 unspecified atom stereocenters. The number of nitro benzene ring substituents is 1. The average molecular weight is 306 g/mol. The predicted molar refractivity (Wildman–Crippen MR) is 78.1 cm³/mol. The third-order valence-corrected chi connectivity index (χ3v) is 3.61. The fourth-order valence-corrected chi connectivity index (χ4v) is 2.35. The molecule has 1 aliphatic rings. The quantitative estimate of drug-likeness (QED) is 0.688. The Morgan fingerprint density at radius 2 is 2.32 bits per heavy atom. The molecule has 1 N–H and O–H groups in total. The van der Waals surface area contributed by atoms with E-state index in [9.17, 15) is 10.1 Å². The minimum absolute atomic E-state index is 0. The first kappa shape index (κ1) is 16.2. The van der Waals surface area contributed by atoms with Gasteiger partial charge < -0.3 is 5.32 Å². The van der Waals surface area contributed by atoms with Crippen molar-refractivity contribution in [1.29, 1.82) is 0 Å². The van der Waals surface area contributed by atoms with Crippen molar-refractivity contribution < 1.29 is 4.92 Å². The highest BCUT2D eigenvalue weighted by Crippen LogP contribution is 2.24. The summed E-state index contributed by atoms with van der Waals surface area (Å²) in [6.45, 7) is 5.79. The molecule has 7 heteroatoms. The van der Waals surface area contributed by atoms with Crippen LogP contribution in [0.3, 0.4) is 0 Å². The van der Waals surface area contributed by atoms with Crippen LogP contribution >= 0.6 is 24.0 Å². The number of hydrogen-bond donors (Lipinski definition) is 1. The summed E-state index contributed by atoms with van der Waals surface area (Å²) >= 11 is 6.09. The van der Waals surface area contributed by atoms with Crippen LogP contribution in [-0.2, 0) is 6.54 Å². The Labute approximate surface area is 123 Å². The second kappa shape index (κ2) is 7.05. The second-order valence-electron chi connectivity index (χ2n) is 4.56. The molecule has 1 aliphatic heterocycles. The maximum absolute atomic E-state index is 10.6. The van der Waals surface area contributed by atoms with Gasteiger partial charge in [-0.15, -0.1) is 12.4 Å². The summed E-state index contributed by atoms with van der Waals surface area (Å²) in [6, 6.07) is 5.12. The van der Waals surface area contributed by atoms with E-state index in [0.717, 1.165) is 31.7 Å². The normalized spacial score (nSPS) is 19.8. The van der Waals surface area contributed by atoms with Crippen molar-refractivity contribution in [2.75, 3.05) is 19.6 Å². The van der Waals surface area contributed by atoms with Gasteiger partial charge in [0.1, 0.15) is 0 Å². The Bertz CT molecular complexity index is 457. The number of nitro groups is 1. The minimum atomic E-state index is -0.427. The summed E-state index contributed by atoms with van der Waals surface area (Å²) in [5.41, 5.74) is 0.980. The van der Waals surface area contributed by atoms with Gasteiger partial charge in [0.05, 0.1) is 9.95 Å². The number of benzene rings is 1. The first-order valence-corrected chi connectivity index (χ1v) is 6.33. The molecule has 0 spiro atoms. The van der Waals surface area contributed by atoms with E-state index in [1.807, 2.05) is 0 Å². The van der Waals surface area contributed by atoms with E-state index in [1.54, 1.807) is 6.07 Å². The number of hydrogen-bond acceptors (Lipinski definition) is 4. The lowest BCUT2D eigenvalue weighted by Crippen LogP contribution is -2.49. The van der Waals surface area contributed by atoms with Crippen molar-refractivity contribution in [2.45, 2.75) is 19.5 Å². The summed E-state index contributed by atoms with van der Waals surface area (Å²) in [5.74, 6) is 0. The van der Waals surface area contributed by atoms with Crippen molar-refractivity contribution in [2.24, 2.45) is 0 Å². The van der Waals surface area contributed by atoms with Gasteiger partial charge in [-0.25, -0.2) is 0 Å². The molecule has 2 rings (SSSR count). The van der Waals surface area contributed by atoms with Crippen molar-refractivity contribution in [3.8, 4) is 0 Å². The number of nitrogens with one attached hydrogen (secondary N) is 1. The van der Waals surface area contributed by atoms with Gasteiger partial charge in [-0.2, -0.15) is 0 Å². The van der Waals surface area contributed by atoms with Crippen molar-refractivity contribution in [3.05, 3.63) is 38.9 Å². The van der Waals surface area contributed by atoms with E-state index in [2.05, 4.69) is 17.1 Å². The van der Waals surface area contributed by atoms with Crippen LogP contribution in [0.4, 0.5) is 5.69 Å². The zero-order chi connectivity index (χ0) is 13.1. The highest BCUT2D eigenvalue weighted by molar-refractivity contribution is 6.31. The molecule has 0 radical (unpaired) electrons. The van der Waals surface area contributed by atoms with Gasteiger partial charge in [-0.05, 0) is 18.6 Å². The fraction of sp³-hybridized carbons (Fsp3) is 0.500. The summed E-state index contributed by atoms with van der Waals surface area (Å²) in [5, 5.41) is 14.4. The van der Waals surface area contributed by atoms with E-state index in [0.29, 0.717) is 11.1 Å². The smallest absolute Gasteiger partial charge is 0.270 e. The molecule has 5 nitrogen and oxygen atoms in total. The summed E-state index contributed by atoms with van der Waals surface area (Å²) in [4.78, 5) is 12.5. The van der Waals surface area contributed by atoms with E-state index in [-0.39, 0.29) is 18.1 Å². The third kappa shape index (κ3) is 4.04. The monoisotopic (exact) mass is 305 g/mol. The molecule has 106 valence electrons. The summed E-state index contributed by atoms with van der Waals surface area (Å²) in [7, 11) is 0. The van der Waals surface area contributed by atoms with Gasteiger partial charge in [0.25, 0.3) is 5.69 Å². The van der Waals surface area contributed by atoms with E-state index in [4.69, 9.17) is 11.6 Å². The molecule has 1 fully saturated rings. The topological polar surface area (TPSA) is 58.4 Å². The van der Waals surface area contributed by atoms with Gasteiger partial charge in [0, 0.05) is 44.4 Å². The molecule has 0 aromatic heterocycles. The number of piperazine rings is 1. The molecule has 19 heavy (non-hydrogen) atoms. The number of nitrogens with zero attached hydrogens (tertiary/aromatic N) is 2. The maximum Gasteiger partial charge on any atom is 0.270 e. The van der Waals surface area contributed by atoms with Crippen LogP contribution in [0.1, 0.15) is 12.5 Å². The molecule has 0 saturated carbocycles. The number of halogens is 2. The van der Waals surface area contributed by atoms with Crippen LogP contribution in [0.5, 0.6) is 0 Å². The predicted octanol–water partition coefficient (Wildman–Crippen LogP) is 2.46. The minimum Gasteiger partial charge on any atom is -0.314 e. The molecular formula is C12H17Cl2N3O2. The van der Waals surface area contributed by atoms with Gasteiger partial charge in [-0.1, -0.05) is 11.6 Å². The molecule has 0 bridgehead atoms. The highest BCUT2D eigenvalue weighted by Gasteiger charge is 2.19. The van der Waals surface area contributed by atoms with Gasteiger partial charge in [-0.3, -0.25) is 15.0 Å². The average Bonchev–Trinajstić information content (AvgIpc) is 2.34. The van der Waals surface area contributed by atoms with Crippen LogP contribution in [0.25, 0.3) is 0 Å². The van der Waals surface area contributed by atoms with E-state index < -0.39 is 4.92 Å². The second-order valence-corrected chi connectivity index (χ2v) is 4.96. The van der Waals surface area contributed by atoms with Crippen molar-refractivity contribution >= 4 is 29.7 Å². The lowest BCUT2D eigenvalue weighted by atomic mass is 10.1. The molecule has 0 aliphatic carbocycles. The molecule has 1 aromatic carbocycles. The van der Waals surface area contributed by atoms with Gasteiger partial charge >= 0.3 is 0 Å². The lowest BCUT2D eigenvalue weighted by Gasteiger charge is -2.34. The van der Waals surface area contributed by atoms with Crippen LogP contribution in [0.15, 0.2) is 18.2 Å². The lowest BCUT2D eigenvalue weighted by molar-refractivity contribution is -0.384. The van der Waals surface area contributed by atoms with Crippen molar-refractivity contribution in [3.63, 3.8) is 0 Å². The Hall–Kier alpha value is -0.880. The number of non-ortho nitro benzene ring substituents is 1. The first-order valence-electron chi connectivity index (χ1n) is 5.95. The molecule has 1 aromatic rings. The van der Waals surface area contributed by atoms with Gasteiger partial charge in [0.15, 0.2) is 0 Å². The van der Waals surface area contributed by atoms with Crippen molar-refractivity contribution in [1.82, 2.24) is 10.2 Å². The van der Waals surface area contributed by atoms with E-state index >= 15 is 0 Å². The molecular weight excluding hydrogens is 289 g/mol. The molecule has 0 amide bonds. The van der Waals surface area contributed by atoms with Crippen LogP contribution in [0, 0.1) is 10.1 Å². The Morgan fingerprint density at radius 1 is 1.58 bits per heavy atom. The largest absolute Gasteiger partial charge is 0.314 e. The number of rotatable bonds is 3. The first-order chi connectivity index (χ1) is 8.58. The third-order valence-electron chi connectivity index (χ3n) is 3.26. The Balaban J connectivity index is 0.00000180. The molecule has 1 saturated heterocycles. The van der Waals surface area contributed by atoms with Crippen LogP contribution in [0.2, 0.25) is 5.02 Å². The SMILES string of the molecule is C[C@H]1CNCCN1Cc1ccc([N+](=O)[O-])cc1Cl.Cl. The highest BCUT2D eigenvalue weighted by atomic mass is 35.5. The fourth-order valence-electron chi connectivity index (χ4n) is 2.11. The Morgan fingerprint density at radius 3 is 2.89 bits per heavy atom. The molecule has 1 heterocycles. The van der Waals surface area contributed by atoms with Gasteiger partial charge in [0.2, 0.25) is 0 Å². The molecule has 1 atom stereocenters. The van der Waals surface area contributed by atoms with Crippen LogP contribution in [-0.4, -0.2) is 35.5 Å². The zero-order valence-corrected chi connectivity index (χ0v) is 12.2. The van der Waals surface area contributed by atoms with E-state index in [1.165, 1.54) is 12.1 Å².